The third kappa shape index (κ3) is 3.09. The van der Waals surface area contributed by atoms with E-state index in [1.807, 2.05) is 43.3 Å². The Morgan fingerprint density at radius 2 is 1.52 bits per heavy atom. The van der Waals surface area contributed by atoms with Crippen molar-refractivity contribution >= 4 is 22.5 Å². The minimum Gasteiger partial charge on any atom is -0.288 e. The van der Waals surface area contributed by atoms with E-state index in [1.54, 1.807) is 41.0 Å². The summed E-state index contributed by atoms with van der Waals surface area (Å²) >= 11 is 6.30. The van der Waals surface area contributed by atoms with Gasteiger partial charge >= 0.3 is 5.69 Å². The summed E-state index contributed by atoms with van der Waals surface area (Å²) in [7, 11) is 0. The largest absolute Gasteiger partial charge is 0.336 e. The first-order valence-corrected chi connectivity index (χ1v) is 8.99. The molecule has 5 heteroatoms. The zero-order chi connectivity index (χ0) is 19.0. The standard InChI is InChI=1S/C22H17ClN2O2/c1-15-10-12-17(13-11-15)25-21(26)18-7-3-5-9-20(18)24(22(25)27)14-16-6-2-4-8-19(16)23/h2-13H,14H2,1H3. The van der Waals surface area contributed by atoms with Crippen molar-refractivity contribution in [2.24, 2.45) is 0 Å². The van der Waals surface area contributed by atoms with E-state index in [1.165, 1.54) is 4.57 Å². The highest BCUT2D eigenvalue weighted by Crippen LogP contribution is 2.18. The fraction of sp³-hybridized carbons (Fsp3) is 0.0909. The van der Waals surface area contributed by atoms with Crippen molar-refractivity contribution in [2.45, 2.75) is 13.5 Å². The Bertz CT molecular complexity index is 1250. The van der Waals surface area contributed by atoms with Crippen LogP contribution in [-0.4, -0.2) is 9.13 Å². The van der Waals surface area contributed by atoms with Crippen LogP contribution >= 0.6 is 11.6 Å². The third-order valence-corrected chi connectivity index (χ3v) is 5.00. The highest BCUT2D eigenvalue weighted by molar-refractivity contribution is 6.31. The Balaban J connectivity index is 2.03. The van der Waals surface area contributed by atoms with Gasteiger partial charge < -0.3 is 0 Å². The van der Waals surface area contributed by atoms with Crippen molar-refractivity contribution in [1.82, 2.24) is 9.13 Å². The molecule has 1 aromatic heterocycles. The van der Waals surface area contributed by atoms with Crippen molar-refractivity contribution in [3.8, 4) is 5.69 Å². The van der Waals surface area contributed by atoms with Gasteiger partial charge in [-0.05, 0) is 42.8 Å². The van der Waals surface area contributed by atoms with Crippen molar-refractivity contribution in [1.29, 1.82) is 0 Å². The van der Waals surface area contributed by atoms with Crippen LogP contribution in [0.3, 0.4) is 0 Å². The summed E-state index contributed by atoms with van der Waals surface area (Å²) in [6, 6.07) is 21.9. The lowest BCUT2D eigenvalue weighted by Gasteiger charge is -2.15. The number of rotatable bonds is 3. The first-order valence-electron chi connectivity index (χ1n) is 8.61. The lowest BCUT2D eigenvalue weighted by Crippen LogP contribution is -2.39. The van der Waals surface area contributed by atoms with Crippen LogP contribution in [0.5, 0.6) is 0 Å². The predicted octanol–water partition coefficient (Wildman–Crippen LogP) is 4.16. The van der Waals surface area contributed by atoms with Crippen LogP contribution in [0.4, 0.5) is 0 Å². The molecule has 0 unspecified atom stereocenters. The molecule has 0 saturated heterocycles. The molecule has 0 N–H and O–H groups in total. The second kappa shape index (κ2) is 6.89. The Hall–Kier alpha value is -3.11. The number of hydrogen-bond acceptors (Lipinski definition) is 2. The molecular weight excluding hydrogens is 360 g/mol. The summed E-state index contributed by atoms with van der Waals surface area (Å²) in [6.07, 6.45) is 0. The topological polar surface area (TPSA) is 44.0 Å². The molecule has 134 valence electrons. The van der Waals surface area contributed by atoms with E-state index < -0.39 is 0 Å². The molecule has 0 bridgehead atoms. The van der Waals surface area contributed by atoms with E-state index in [-0.39, 0.29) is 17.8 Å². The van der Waals surface area contributed by atoms with Gasteiger partial charge in [-0.1, -0.05) is 59.6 Å². The molecule has 0 aliphatic rings. The molecule has 0 fully saturated rings. The monoisotopic (exact) mass is 376 g/mol. The molecule has 0 aliphatic heterocycles. The molecule has 0 aliphatic carbocycles. The van der Waals surface area contributed by atoms with Crippen molar-refractivity contribution in [3.63, 3.8) is 0 Å². The number of halogens is 1. The van der Waals surface area contributed by atoms with Gasteiger partial charge in [0, 0.05) is 5.02 Å². The summed E-state index contributed by atoms with van der Waals surface area (Å²) in [6.45, 7) is 2.24. The highest BCUT2D eigenvalue weighted by atomic mass is 35.5. The van der Waals surface area contributed by atoms with E-state index in [4.69, 9.17) is 11.6 Å². The molecule has 4 rings (SSSR count). The highest BCUT2D eigenvalue weighted by Gasteiger charge is 2.15. The lowest BCUT2D eigenvalue weighted by atomic mass is 10.2. The number of aromatic nitrogens is 2. The van der Waals surface area contributed by atoms with Gasteiger partial charge in [-0.15, -0.1) is 0 Å². The Morgan fingerprint density at radius 3 is 2.26 bits per heavy atom. The molecule has 0 amide bonds. The summed E-state index contributed by atoms with van der Waals surface area (Å²) < 4.78 is 2.82. The number of nitrogens with zero attached hydrogens (tertiary/aromatic N) is 2. The lowest BCUT2D eigenvalue weighted by molar-refractivity contribution is 0.714. The van der Waals surface area contributed by atoms with E-state index in [2.05, 4.69) is 0 Å². The van der Waals surface area contributed by atoms with Gasteiger partial charge in [0.2, 0.25) is 0 Å². The van der Waals surface area contributed by atoms with E-state index in [0.717, 1.165) is 11.1 Å². The molecule has 0 saturated carbocycles. The first-order chi connectivity index (χ1) is 13.1. The molecule has 27 heavy (non-hydrogen) atoms. The van der Waals surface area contributed by atoms with Crippen LogP contribution in [-0.2, 0) is 6.54 Å². The van der Waals surface area contributed by atoms with Crippen molar-refractivity contribution < 1.29 is 0 Å². The predicted molar refractivity (Wildman–Crippen MR) is 109 cm³/mol. The molecular formula is C22H17ClN2O2. The fourth-order valence-electron chi connectivity index (χ4n) is 3.19. The van der Waals surface area contributed by atoms with Crippen LogP contribution < -0.4 is 11.2 Å². The van der Waals surface area contributed by atoms with Gasteiger partial charge in [-0.3, -0.25) is 9.36 Å². The van der Waals surface area contributed by atoms with Crippen LogP contribution in [0.15, 0.2) is 82.4 Å². The SMILES string of the molecule is Cc1ccc(-n2c(=O)c3ccccc3n(Cc3ccccc3Cl)c2=O)cc1. The number of benzene rings is 3. The Morgan fingerprint density at radius 1 is 0.852 bits per heavy atom. The zero-order valence-electron chi connectivity index (χ0n) is 14.7. The second-order valence-electron chi connectivity index (χ2n) is 6.45. The Kier molecular flexibility index (Phi) is 4.42. The smallest absolute Gasteiger partial charge is 0.288 e. The minimum absolute atomic E-state index is 0.283. The van der Waals surface area contributed by atoms with Crippen LogP contribution in [0.25, 0.3) is 16.6 Å². The molecule has 4 aromatic rings. The van der Waals surface area contributed by atoms with Gasteiger partial charge in [0.25, 0.3) is 5.56 Å². The molecule has 4 nitrogen and oxygen atoms in total. The maximum absolute atomic E-state index is 13.3. The number of para-hydroxylation sites is 1. The first kappa shape index (κ1) is 17.3. The average Bonchev–Trinajstić information content (AvgIpc) is 2.68. The normalized spacial score (nSPS) is 11.0. The number of hydrogen-bond donors (Lipinski definition) is 0. The molecule has 0 atom stereocenters. The van der Waals surface area contributed by atoms with Crippen LogP contribution in [0.2, 0.25) is 5.02 Å². The number of fused-ring (bicyclic) bond motifs is 1. The molecule has 0 radical (unpaired) electrons. The van der Waals surface area contributed by atoms with E-state index in [0.29, 0.717) is 21.6 Å². The van der Waals surface area contributed by atoms with Gasteiger partial charge in [0.1, 0.15) is 0 Å². The maximum Gasteiger partial charge on any atom is 0.336 e. The van der Waals surface area contributed by atoms with Gasteiger partial charge in [0.15, 0.2) is 0 Å². The van der Waals surface area contributed by atoms with Gasteiger partial charge in [0.05, 0.1) is 23.1 Å². The van der Waals surface area contributed by atoms with Crippen LogP contribution in [0, 0.1) is 6.92 Å². The molecule has 3 aromatic carbocycles. The van der Waals surface area contributed by atoms with Gasteiger partial charge in [-0.25, -0.2) is 9.36 Å². The summed E-state index contributed by atoms with van der Waals surface area (Å²) in [4.78, 5) is 26.3. The van der Waals surface area contributed by atoms with Crippen molar-refractivity contribution in [3.05, 3.63) is 110 Å². The van der Waals surface area contributed by atoms with Crippen molar-refractivity contribution in [2.75, 3.05) is 0 Å². The molecule has 0 spiro atoms. The van der Waals surface area contributed by atoms with E-state index in [9.17, 15) is 9.59 Å². The summed E-state index contributed by atoms with van der Waals surface area (Å²) in [5.74, 6) is 0. The summed E-state index contributed by atoms with van der Waals surface area (Å²) in [5, 5.41) is 1.08. The minimum atomic E-state index is -0.387. The average molecular weight is 377 g/mol. The summed E-state index contributed by atoms with van der Waals surface area (Å²) in [5.41, 5.74) is 2.31. The van der Waals surface area contributed by atoms with Gasteiger partial charge in [-0.2, -0.15) is 0 Å². The maximum atomic E-state index is 13.3. The number of aryl methyl sites for hydroxylation is 1. The fourth-order valence-corrected chi connectivity index (χ4v) is 3.39. The zero-order valence-corrected chi connectivity index (χ0v) is 15.5. The third-order valence-electron chi connectivity index (χ3n) is 4.63. The molecule has 1 heterocycles. The second-order valence-corrected chi connectivity index (χ2v) is 6.86. The Labute approximate surface area is 160 Å². The van der Waals surface area contributed by atoms with Crippen LogP contribution in [0.1, 0.15) is 11.1 Å². The quantitative estimate of drug-likeness (QED) is 0.539. The van der Waals surface area contributed by atoms with E-state index >= 15 is 0 Å².